The molecule has 2 bridgehead atoms. The fraction of sp³-hybridized carbons (Fsp3) is 0.346. The largest absolute Gasteiger partial charge is 0.483 e. The summed E-state index contributed by atoms with van der Waals surface area (Å²) in [5, 5.41) is 0. The summed E-state index contributed by atoms with van der Waals surface area (Å²) >= 11 is 0. The maximum atomic E-state index is 13.3. The van der Waals surface area contributed by atoms with Crippen LogP contribution >= 0.6 is 0 Å². The lowest BCUT2D eigenvalue weighted by Crippen LogP contribution is -2.33. The van der Waals surface area contributed by atoms with Crippen LogP contribution in [0.1, 0.15) is 34.8 Å². The van der Waals surface area contributed by atoms with Gasteiger partial charge in [-0.15, -0.1) is 0 Å². The number of hydrogen-bond donors (Lipinski definition) is 0. The van der Waals surface area contributed by atoms with Crippen LogP contribution in [0, 0.1) is 37.5 Å². The summed E-state index contributed by atoms with van der Waals surface area (Å²) in [5.74, 6) is -0.301. The first-order valence-corrected chi connectivity index (χ1v) is 10.7. The zero-order valence-electron chi connectivity index (χ0n) is 17.9. The molecule has 1 heterocycles. The van der Waals surface area contributed by atoms with Crippen molar-refractivity contribution >= 4 is 23.3 Å². The molecule has 0 aromatic heterocycles. The van der Waals surface area contributed by atoms with Crippen LogP contribution in [0.2, 0.25) is 0 Å². The zero-order valence-corrected chi connectivity index (χ0v) is 17.9. The Kier molecular flexibility index (Phi) is 4.58. The summed E-state index contributed by atoms with van der Waals surface area (Å²) in [6, 6.07) is 12.5. The van der Waals surface area contributed by atoms with E-state index in [2.05, 4.69) is 13.0 Å². The third-order valence-electron chi connectivity index (χ3n) is 7.17. The Morgan fingerprint density at radius 1 is 1.00 bits per heavy atom. The Morgan fingerprint density at radius 2 is 1.74 bits per heavy atom. The first-order valence-electron chi connectivity index (χ1n) is 10.7. The van der Waals surface area contributed by atoms with E-state index in [9.17, 15) is 14.4 Å². The molecule has 1 saturated carbocycles. The van der Waals surface area contributed by atoms with Gasteiger partial charge in [0.05, 0.1) is 17.5 Å². The molecule has 2 aliphatic carbocycles. The number of hydrogen-bond acceptors (Lipinski definition) is 4. The maximum Gasteiger partial charge on any atom is 0.238 e. The van der Waals surface area contributed by atoms with E-state index in [1.807, 2.05) is 26.0 Å². The predicted octanol–water partition coefficient (Wildman–Crippen LogP) is 4.27. The molecule has 5 rings (SSSR count). The minimum absolute atomic E-state index is 0.147. The summed E-state index contributed by atoms with van der Waals surface area (Å²) in [6.45, 7) is 5.86. The molecule has 5 heteroatoms. The van der Waals surface area contributed by atoms with Crippen LogP contribution in [-0.2, 0) is 9.59 Å². The molecular formula is C26H25NO4. The number of ether oxygens (including phenoxy) is 1. The van der Waals surface area contributed by atoms with E-state index in [0.29, 0.717) is 17.0 Å². The molecular weight excluding hydrogens is 390 g/mol. The number of rotatable bonds is 5. The van der Waals surface area contributed by atoms with Crippen molar-refractivity contribution in [2.24, 2.45) is 23.7 Å². The van der Waals surface area contributed by atoms with E-state index >= 15 is 0 Å². The van der Waals surface area contributed by atoms with E-state index in [-0.39, 0.29) is 47.9 Å². The van der Waals surface area contributed by atoms with Gasteiger partial charge in [-0.05, 0) is 68.4 Å². The van der Waals surface area contributed by atoms with Crippen molar-refractivity contribution in [2.45, 2.75) is 27.2 Å². The van der Waals surface area contributed by atoms with Crippen LogP contribution < -0.4 is 9.64 Å². The number of fused-ring (bicyclic) bond motifs is 5. The molecule has 1 aliphatic heterocycles. The first kappa shape index (κ1) is 19.7. The second-order valence-electron chi connectivity index (χ2n) is 8.96. The van der Waals surface area contributed by atoms with Gasteiger partial charge >= 0.3 is 0 Å². The molecule has 2 fully saturated rings. The number of anilines is 1. The van der Waals surface area contributed by atoms with Crippen molar-refractivity contribution < 1.29 is 19.1 Å². The normalized spacial score (nSPS) is 26.3. The third-order valence-corrected chi connectivity index (χ3v) is 7.17. The zero-order chi connectivity index (χ0) is 21.9. The number of Topliss-reactive ketones (excluding diaryl/α,β-unsaturated/α-hetero) is 1. The highest BCUT2D eigenvalue weighted by molar-refractivity contribution is 6.23. The van der Waals surface area contributed by atoms with Gasteiger partial charge in [-0.3, -0.25) is 14.4 Å². The van der Waals surface area contributed by atoms with Gasteiger partial charge in [0.1, 0.15) is 5.75 Å². The number of nitrogens with zero attached hydrogens (tertiary/aromatic N) is 1. The van der Waals surface area contributed by atoms with Crippen molar-refractivity contribution in [3.8, 4) is 5.75 Å². The summed E-state index contributed by atoms with van der Waals surface area (Å²) in [6.07, 6.45) is 3.06. The quantitative estimate of drug-likeness (QED) is 0.416. The molecule has 0 radical (unpaired) electrons. The van der Waals surface area contributed by atoms with Crippen molar-refractivity contribution in [2.75, 3.05) is 11.5 Å². The molecule has 31 heavy (non-hydrogen) atoms. The molecule has 2 aromatic carbocycles. The standard InChI is InChI=1S/C26H25NO4/c1-14-8-9-17(10-15(14)2)21(28)13-31-22-7-5-4-6-20(22)27-25(29)23-18-11-16(3)19(12-18)24(23)26(27)30/h4-11,18-19,23-24H,12-13H2,1-3H3/t18-,19+,23-,24+/m0/s1. The highest BCUT2D eigenvalue weighted by atomic mass is 16.5. The van der Waals surface area contributed by atoms with Crippen LogP contribution in [0.3, 0.4) is 0 Å². The molecule has 0 N–H and O–H groups in total. The van der Waals surface area contributed by atoms with E-state index in [1.54, 1.807) is 30.3 Å². The van der Waals surface area contributed by atoms with E-state index in [0.717, 1.165) is 17.5 Å². The number of imide groups is 1. The van der Waals surface area contributed by atoms with Gasteiger partial charge in [0.2, 0.25) is 11.8 Å². The van der Waals surface area contributed by atoms with Crippen LogP contribution in [-0.4, -0.2) is 24.2 Å². The average Bonchev–Trinajstić information content (AvgIpc) is 3.39. The number of amides is 2. The Bertz CT molecular complexity index is 1150. The SMILES string of the molecule is CC1=C[C@H]2C[C@H]1[C@H]1C(=O)N(c3ccccc3OCC(=O)c3ccc(C)c(C)c3)C(=O)[C@H]12. The second kappa shape index (κ2) is 7.19. The second-order valence-corrected chi connectivity index (χ2v) is 8.96. The van der Waals surface area contributed by atoms with Crippen LogP contribution in [0.25, 0.3) is 0 Å². The molecule has 2 aromatic rings. The van der Waals surface area contributed by atoms with Crippen LogP contribution in [0.5, 0.6) is 5.75 Å². The molecule has 158 valence electrons. The summed E-state index contributed by atoms with van der Waals surface area (Å²) in [5.41, 5.74) is 4.40. The lowest BCUT2D eigenvalue weighted by Gasteiger charge is -2.21. The number of para-hydroxylation sites is 2. The third kappa shape index (κ3) is 3.02. The van der Waals surface area contributed by atoms with Gasteiger partial charge in [0, 0.05) is 5.56 Å². The molecule has 0 spiro atoms. The minimum atomic E-state index is -0.272. The van der Waals surface area contributed by atoms with Crippen molar-refractivity contribution in [1.29, 1.82) is 0 Å². The number of benzene rings is 2. The lowest BCUT2D eigenvalue weighted by atomic mass is 9.82. The number of carbonyl (C=O) groups excluding carboxylic acids is 3. The first-order chi connectivity index (χ1) is 14.9. The Morgan fingerprint density at radius 3 is 2.52 bits per heavy atom. The number of allylic oxidation sites excluding steroid dienone is 2. The van der Waals surface area contributed by atoms with Crippen molar-refractivity contribution in [3.63, 3.8) is 0 Å². The van der Waals surface area contributed by atoms with Crippen molar-refractivity contribution in [3.05, 3.63) is 70.8 Å². The number of ketones is 1. The van der Waals surface area contributed by atoms with Gasteiger partial charge in [0.25, 0.3) is 0 Å². The van der Waals surface area contributed by atoms with Gasteiger partial charge in [-0.25, -0.2) is 4.90 Å². The fourth-order valence-electron chi connectivity index (χ4n) is 5.42. The molecule has 5 nitrogen and oxygen atoms in total. The molecule has 3 aliphatic rings. The summed E-state index contributed by atoms with van der Waals surface area (Å²) in [7, 11) is 0. The minimum Gasteiger partial charge on any atom is -0.483 e. The van der Waals surface area contributed by atoms with Gasteiger partial charge in [-0.1, -0.05) is 35.9 Å². The van der Waals surface area contributed by atoms with Crippen LogP contribution in [0.4, 0.5) is 5.69 Å². The van der Waals surface area contributed by atoms with Gasteiger partial charge in [-0.2, -0.15) is 0 Å². The molecule has 2 amide bonds. The molecule has 0 unspecified atom stereocenters. The number of aryl methyl sites for hydroxylation is 2. The maximum absolute atomic E-state index is 13.3. The smallest absolute Gasteiger partial charge is 0.238 e. The van der Waals surface area contributed by atoms with Gasteiger partial charge < -0.3 is 4.74 Å². The lowest BCUT2D eigenvalue weighted by molar-refractivity contribution is -0.123. The molecule has 4 atom stereocenters. The Hall–Kier alpha value is -3.21. The van der Waals surface area contributed by atoms with E-state index < -0.39 is 0 Å². The van der Waals surface area contributed by atoms with Crippen LogP contribution in [0.15, 0.2) is 54.1 Å². The molecule has 1 saturated heterocycles. The highest BCUT2D eigenvalue weighted by Gasteiger charge is 2.61. The summed E-state index contributed by atoms with van der Waals surface area (Å²) in [4.78, 5) is 40.4. The Balaban J connectivity index is 1.38. The monoisotopic (exact) mass is 415 g/mol. The van der Waals surface area contributed by atoms with Gasteiger partial charge in [0.15, 0.2) is 12.4 Å². The predicted molar refractivity (Wildman–Crippen MR) is 117 cm³/mol. The number of carbonyl (C=O) groups is 3. The average molecular weight is 415 g/mol. The van der Waals surface area contributed by atoms with E-state index in [1.165, 1.54) is 10.5 Å². The van der Waals surface area contributed by atoms with Crippen molar-refractivity contribution in [1.82, 2.24) is 0 Å². The topological polar surface area (TPSA) is 63.7 Å². The highest BCUT2D eigenvalue weighted by Crippen LogP contribution is 2.56. The summed E-state index contributed by atoms with van der Waals surface area (Å²) < 4.78 is 5.84. The Labute approximate surface area is 181 Å². The van der Waals surface area contributed by atoms with E-state index in [4.69, 9.17) is 4.74 Å². The fourth-order valence-corrected chi connectivity index (χ4v) is 5.42.